The predicted molar refractivity (Wildman–Crippen MR) is 136 cm³/mol. The van der Waals surface area contributed by atoms with Crippen LogP contribution in [-0.4, -0.2) is 47.9 Å². The topological polar surface area (TPSA) is 135 Å². The Bertz CT molecular complexity index is 1490. The van der Waals surface area contributed by atoms with Crippen LogP contribution in [0, 0.1) is 6.92 Å². The second kappa shape index (κ2) is 10.1. The van der Waals surface area contributed by atoms with Crippen LogP contribution in [0.4, 0.5) is 0 Å². The average molecular weight is 496 g/mol. The third kappa shape index (κ3) is 5.16. The summed E-state index contributed by atoms with van der Waals surface area (Å²) in [5, 5.41) is 10.8. The molecule has 2 heterocycles. The van der Waals surface area contributed by atoms with Gasteiger partial charge in [0.1, 0.15) is 17.4 Å². The summed E-state index contributed by atoms with van der Waals surface area (Å²) in [6, 6.07) is 12.0. The number of H-pyrrole nitrogens is 1. The first-order valence-electron chi connectivity index (χ1n) is 11.6. The maximum absolute atomic E-state index is 12.5. The highest BCUT2D eigenvalue weighted by molar-refractivity contribution is 7.91. The van der Waals surface area contributed by atoms with Crippen LogP contribution in [0.1, 0.15) is 31.7 Å². The van der Waals surface area contributed by atoms with Crippen molar-refractivity contribution < 1.29 is 23.1 Å². The summed E-state index contributed by atoms with van der Waals surface area (Å²) in [5.41, 5.74) is 9.74. The lowest BCUT2D eigenvalue weighted by Crippen LogP contribution is -2.29. The van der Waals surface area contributed by atoms with Gasteiger partial charge in [-0.15, -0.1) is 0 Å². The summed E-state index contributed by atoms with van der Waals surface area (Å²) in [4.78, 5) is 19.1. The number of pyridine rings is 1. The van der Waals surface area contributed by atoms with Crippen molar-refractivity contribution in [3.63, 3.8) is 0 Å². The average Bonchev–Trinajstić information content (AvgIpc) is 3.22. The second-order valence-corrected chi connectivity index (χ2v) is 10.9. The molecule has 35 heavy (non-hydrogen) atoms. The minimum Gasteiger partial charge on any atom is -0.491 e. The van der Waals surface area contributed by atoms with E-state index in [-0.39, 0.29) is 5.75 Å². The highest BCUT2D eigenvalue weighted by Crippen LogP contribution is 2.39. The van der Waals surface area contributed by atoms with Crippen molar-refractivity contribution in [2.75, 3.05) is 12.4 Å². The lowest BCUT2D eigenvalue weighted by Gasteiger charge is -2.12. The van der Waals surface area contributed by atoms with Gasteiger partial charge < -0.3 is 20.6 Å². The van der Waals surface area contributed by atoms with Crippen LogP contribution in [0.15, 0.2) is 53.6 Å². The number of aromatic nitrogens is 2. The molecule has 4 N–H and O–H groups in total. The van der Waals surface area contributed by atoms with Crippen molar-refractivity contribution >= 4 is 37.7 Å². The predicted octanol–water partition coefficient (Wildman–Crippen LogP) is 4.45. The molecule has 0 spiro atoms. The minimum atomic E-state index is -3.35. The molecule has 0 saturated heterocycles. The van der Waals surface area contributed by atoms with E-state index < -0.39 is 21.8 Å². The Morgan fingerprint density at radius 2 is 2.00 bits per heavy atom. The summed E-state index contributed by atoms with van der Waals surface area (Å²) in [5.74, 6) is -0.314. The van der Waals surface area contributed by atoms with Crippen molar-refractivity contribution in [3.05, 3.63) is 54.2 Å². The number of rotatable bonds is 10. The van der Waals surface area contributed by atoms with Gasteiger partial charge in [-0.2, -0.15) is 0 Å². The van der Waals surface area contributed by atoms with Crippen molar-refractivity contribution in [2.45, 2.75) is 44.0 Å². The molecule has 0 aliphatic heterocycles. The number of carboxylic acid groups (broad SMARTS) is 1. The number of nitrogens with two attached hydrogens (primary N) is 1. The molecule has 184 valence electrons. The van der Waals surface area contributed by atoms with E-state index >= 15 is 0 Å². The number of aryl methyl sites for hydroxylation is 1. The number of unbranched alkanes of at least 4 members (excludes halogenated alkanes) is 1. The lowest BCUT2D eigenvalue weighted by atomic mass is 9.99. The molecular weight excluding hydrogens is 466 g/mol. The normalized spacial score (nSPS) is 12.8. The molecule has 9 heteroatoms. The zero-order valence-electron chi connectivity index (χ0n) is 19.7. The van der Waals surface area contributed by atoms with Gasteiger partial charge in [-0.25, -0.2) is 13.4 Å². The van der Waals surface area contributed by atoms with E-state index in [1.54, 1.807) is 31.3 Å². The van der Waals surface area contributed by atoms with E-state index in [0.717, 1.165) is 33.0 Å². The van der Waals surface area contributed by atoms with Crippen LogP contribution in [-0.2, 0) is 14.6 Å². The smallest absolute Gasteiger partial charge is 0.320 e. The van der Waals surface area contributed by atoms with Gasteiger partial charge in [0.05, 0.1) is 22.8 Å². The number of aliphatic carboxylic acids is 1. The summed E-state index contributed by atoms with van der Waals surface area (Å²) in [7, 11) is -3.35. The number of hydrogen-bond acceptors (Lipinski definition) is 6. The Balaban J connectivity index is 1.73. The maximum atomic E-state index is 12.5. The number of sulfone groups is 1. The molecule has 0 saturated carbocycles. The van der Waals surface area contributed by atoms with Crippen LogP contribution in [0.5, 0.6) is 5.75 Å². The van der Waals surface area contributed by atoms with E-state index in [2.05, 4.69) is 9.97 Å². The molecule has 4 rings (SSSR count). The molecule has 0 aliphatic carbocycles. The lowest BCUT2D eigenvalue weighted by molar-refractivity contribution is -0.138. The fourth-order valence-corrected chi connectivity index (χ4v) is 5.05. The third-order valence-electron chi connectivity index (χ3n) is 6.07. The van der Waals surface area contributed by atoms with Crippen LogP contribution in [0.25, 0.3) is 33.1 Å². The van der Waals surface area contributed by atoms with Crippen LogP contribution >= 0.6 is 0 Å². The number of fused-ring (bicyclic) bond motifs is 3. The second-order valence-electron chi connectivity index (χ2n) is 8.62. The maximum Gasteiger partial charge on any atom is 0.320 e. The first-order valence-corrected chi connectivity index (χ1v) is 13.2. The van der Waals surface area contributed by atoms with Crippen LogP contribution in [0.2, 0.25) is 0 Å². The number of aromatic amines is 1. The zero-order chi connectivity index (χ0) is 25.2. The first-order chi connectivity index (χ1) is 16.7. The van der Waals surface area contributed by atoms with Gasteiger partial charge in [-0.3, -0.25) is 4.79 Å². The van der Waals surface area contributed by atoms with E-state index in [4.69, 9.17) is 15.6 Å². The number of benzene rings is 2. The highest BCUT2D eigenvalue weighted by atomic mass is 32.2. The molecule has 0 bridgehead atoms. The van der Waals surface area contributed by atoms with Crippen molar-refractivity contribution in [2.24, 2.45) is 5.73 Å². The number of carbonyl (C=O) groups is 1. The Labute approximate surface area is 204 Å². The van der Waals surface area contributed by atoms with Gasteiger partial charge in [0.2, 0.25) is 0 Å². The number of carboxylic acids is 1. The Hall–Kier alpha value is -3.43. The Morgan fingerprint density at radius 1 is 1.20 bits per heavy atom. The van der Waals surface area contributed by atoms with Gasteiger partial charge in [-0.1, -0.05) is 19.1 Å². The molecule has 1 atom stereocenters. The summed E-state index contributed by atoms with van der Waals surface area (Å²) in [6.45, 7) is 4.02. The molecule has 8 nitrogen and oxygen atoms in total. The molecule has 2 aromatic carbocycles. The number of hydrogen-bond donors (Lipinski definition) is 3. The van der Waals surface area contributed by atoms with Gasteiger partial charge in [0, 0.05) is 17.0 Å². The van der Waals surface area contributed by atoms with E-state index in [0.29, 0.717) is 42.2 Å². The summed E-state index contributed by atoms with van der Waals surface area (Å²) >= 11 is 0. The molecule has 2 aromatic heterocycles. The fourth-order valence-electron chi connectivity index (χ4n) is 4.12. The third-order valence-corrected chi connectivity index (χ3v) is 7.80. The molecular formula is C26H29N3O5S. The van der Waals surface area contributed by atoms with Crippen LogP contribution < -0.4 is 10.5 Å². The molecule has 4 aromatic rings. The van der Waals surface area contributed by atoms with Gasteiger partial charge in [0.15, 0.2) is 9.84 Å². The van der Waals surface area contributed by atoms with Crippen molar-refractivity contribution in [1.82, 2.24) is 9.97 Å². The van der Waals surface area contributed by atoms with E-state index in [1.807, 2.05) is 31.2 Å². The highest BCUT2D eigenvalue weighted by Gasteiger charge is 2.18. The number of nitrogens with zero attached hydrogens (tertiary/aromatic N) is 1. The minimum absolute atomic E-state index is 0.0339. The first kappa shape index (κ1) is 24.7. The van der Waals surface area contributed by atoms with Crippen molar-refractivity contribution in [1.29, 1.82) is 0 Å². The summed E-state index contributed by atoms with van der Waals surface area (Å²) in [6.07, 6.45) is 3.48. The molecule has 0 radical (unpaired) electrons. The number of nitrogens with one attached hydrogen (secondary N) is 1. The molecule has 0 amide bonds. The van der Waals surface area contributed by atoms with Gasteiger partial charge in [0.25, 0.3) is 0 Å². The van der Waals surface area contributed by atoms with E-state index in [1.165, 1.54) is 0 Å². The summed E-state index contributed by atoms with van der Waals surface area (Å²) < 4.78 is 31.0. The Morgan fingerprint density at radius 3 is 2.74 bits per heavy atom. The molecule has 0 aliphatic rings. The largest absolute Gasteiger partial charge is 0.491 e. The molecule has 0 fully saturated rings. The molecule has 0 unspecified atom stereocenters. The van der Waals surface area contributed by atoms with Gasteiger partial charge >= 0.3 is 5.97 Å². The van der Waals surface area contributed by atoms with Crippen LogP contribution in [0.3, 0.4) is 0 Å². The van der Waals surface area contributed by atoms with Crippen molar-refractivity contribution in [3.8, 4) is 16.9 Å². The Kier molecular flexibility index (Phi) is 7.09. The fraction of sp³-hybridized carbons (Fsp3) is 0.308. The van der Waals surface area contributed by atoms with E-state index in [9.17, 15) is 13.2 Å². The number of ether oxygens (including phenoxy) is 1. The zero-order valence-corrected chi connectivity index (χ0v) is 20.6. The monoisotopic (exact) mass is 495 g/mol. The quantitative estimate of drug-likeness (QED) is 0.277. The van der Waals surface area contributed by atoms with Gasteiger partial charge in [-0.05, 0) is 73.2 Å². The standard InChI is InChI=1S/C26H29N3O5S/c1-3-35(32,33)18-8-6-7-17(14-18)19-10-11-22(34-12-5-4-9-21(27)26(30)31)24-23(19)20-13-16(2)15-28-25(20)29-24/h6-8,10-11,13-15,21H,3-5,9,12,27H2,1-2H3,(H,28,29)(H,30,31)/t21-/m0/s1. The SMILES string of the molecule is CCS(=O)(=O)c1cccc(-c2ccc(OCCCC[C@H](N)C(=O)O)c3[nH]c4ncc(C)cc4c23)c1.